The highest BCUT2D eigenvalue weighted by molar-refractivity contribution is 7.79. The van der Waals surface area contributed by atoms with Gasteiger partial charge >= 0.3 is 11.9 Å². The van der Waals surface area contributed by atoms with Gasteiger partial charge in [-0.05, 0) is 55.0 Å². The van der Waals surface area contributed by atoms with E-state index in [-0.39, 0.29) is 0 Å². The van der Waals surface area contributed by atoms with Gasteiger partial charge in [-0.2, -0.15) is 0 Å². The third-order valence-electron chi connectivity index (χ3n) is 6.37. The second-order valence-corrected chi connectivity index (χ2v) is 10.5. The van der Waals surface area contributed by atoms with Crippen LogP contribution >= 0.6 is 0 Å². The molecule has 14 nitrogen and oxygen atoms in total. The average Bonchev–Trinajstić information content (AvgIpc) is 3.44. The Hall–Kier alpha value is -4.47. The first-order chi connectivity index (χ1) is 19.8. The number of imidazole rings is 2. The highest BCUT2D eigenvalue weighted by atomic mass is 32.3. The van der Waals surface area contributed by atoms with Gasteiger partial charge in [0.1, 0.15) is 11.4 Å². The summed E-state index contributed by atoms with van der Waals surface area (Å²) < 4.78 is 41.8. The van der Waals surface area contributed by atoms with E-state index in [0.29, 0.717) is 0 Å². The second-order valence-electron chi connectivity index (χ2n) is 9.68. The van der Waals surface area contributed by atoms with E-state index in [2.05, 4.69) is 68.6 Å². The zero-order valence-electron chi connectivity index (χ0n) is 24.6. The molecule has 2 heterocycles. The van der Waals surface area contributed by atoms with E-state index in [1.54, 1.807) is 0 Å². The van der Waals surface area contributed by atoms with Crippen molar-refractivity contribution in [3.05, 3.63) is 73.3 Å². The zero-order chi connectivity index (χ0) is 30.9. The molecular formula is C27H36N10O4S. The molecule has 0 unspecified atom stereocenters. The van der Waals surface area contributed by atoms with Gasteiger partial charge in [0, 0.05) is 59.2 Å². The molecule has 0 saturated carbocycles. The van der Waals surface area contributed by atoms with E-state index in [4.69, 9.17) is 17.5 Å². The molecule has 15 heteroatoms. The van der Waals surface area contributed by atoms with Crippen LogP contribution in [0, 0.1) is 0 Å². The number of aryl methyl sites for hydroxylation is 4. The maximum atomic E-state index is 8.52. The minimum Gasteiger partial charge on any atom is -0.759 e. The van der Waals surface area contributed by atoms with Crippen LogP contribution in [0.1, 0.15) is 6.42 Å². The van der Waals surface area contributed by atoms with Crippen LogP contribution in [0.2, 0.25) is 0 Å². The summed E-state index contributed by atoms with van der Waals surface area (Å²) in [7, 11) is 6.90. The van der Waals surface area contributed by atoms with Gasteiger partial charge in [0.05, 0.1) is 53.0 Å². The molecule has 0 spiro atoms. The lowest BCUT2D eigenvalue weighted by molar-refractivity contribution is -0.657. The molecule has 0 N–H and O–H groups in total. The minimum atomic E-state index is -5.17. The van der Waals surface area contributed by atoms with E-state index in [0.717, 1.165) is 54.2 Å². The van der Waals surface area contributed by atoms with Crippen molar-refractivity contribution in [2.24, 2.45) is 48.6 Å². The van der Waals surface area contributed by atoms with E-state index in [9.17, 15) is 0 Å². The van der Waals surface area contributed by atoms with Gasteiger partial charge in [0.2, 0.25) is 0 Å². The summed E-state index contributed by atoms with van der Waals surface area (Å²) in [6.07, 6.45) is 8.86. The van der Waals surface area contributed by atoms with E-state index < -0.39 is 10.4 Å². The van der Waals surface area contributed by atoms with Gasteiger partial charge in [-0.1, -0.05) is 10.2 Å². The van der Waals surface area contributed by atoms with Gasteiger partial charge in [0.15, 0.2) is 0 Å². The molecule has 0 fully saturated rings. The number of hydrogen-bond donors (Lipinski definition) is 0. The molecule has 0 atom stereocenters. The van der Waals surface area contributed by atoms with Gasteiger partial charge in [-0.3, -0.25) is 8.42 Å². The number of aromatic nitrogens is 4. The van der Waals surface area contributed by atoms with Crippen LogP contribution in [0.4, 0.5) is 34.6 Å². The normalized spacial score (nSPS) is 11.6. The van der Waals surface area contributed by atoms with Crippen molar-refractivity contribution in [1.29, 1.82) is 0 Å². The Morgan fingerprint density at radius 3 is 1.31 bits per heavy atom. The van der Waals surface area contributed by atoms with Crippen LogP contribution < -0.4 is 18.9 Å². The average molecular weight is 597 g/mol. The number of rotatable bonds is 10. The van der Waals surface area contributed by atoms with Crippen LogP contribution in [0.3, 0.4) is 0 Å². The Bertz CT molecular complexity index is 1460. The molecule has 4 aromatic rings. The molecule has 42 heavy (non-hydrogen) atoms. The van der Waals surface area contributed by atoms with E-state index in [1.807, 2.05) is 95.5 Å². The summed E-state index contributed by atoms with van der Waals surface area (Å²) in [6, 6.07) is 16.4. The molecular weight excluding hydrogens is 560 g/mol. The van der Waals surface area contributed by atoms with Crippen molar-refractivity contribution >= 4 is 45.0 Å². The lowest BCUT2D eigenvalue weighted by Crippen LogP contribution is -2.25. The Balaban J connectivity index is 0.000000892. The number of benzene rings is 2. The SMILES string of the molecule is CN(CCCN(C)c1ccc(N=Nc2n(C)cc[n+]2C)cc1)c1ccc(N=Nc2n(C)cc[n+]2C)cc1.O=S(=O)([O-])[O-]. The highest BCUT2D eigenvalue weighted by Crippen LogP contribution is 2.22. The summed E-state index contributed by atoms with van der Waals surface area (Å²) in [5, 5.41) is 17.5. The smallest absolute Gasteiger partial charge is 0.421 e. The van der Waals surface area contributed by atoms with Crippen LogP contribution in [0.5, 0.6) is 0 Å². The standard InChI is InChI=1S/C27H36N10.H2O4S/c1-32(24-12-8-22(9-13-24)28-30-26-34(3)18-19-35(26)4)16-7-17-33(2)25-14-10-23(11-15-25)29-31-27-36(5)20-21-37(27)6;1-5(2,3)4/h8-15,18-21H,7,16-17H2,1-6H3;(H2,1,2,3,4)/q+2;/p-2. The zero-order valence-corrected chi connectivity index (χ0v) is 25.4. The van der Waals surface area contributed by atoms with Crippen molar-refractivity contribution in [1.82, 2.24) is 9.13 Å². The molecule has 2 aromatic heterocycles. The molecule has 4 rings (SSSR count). The lowest BCUT2D eigenvalue weighted by Gasteiger charge is -2.23. The molecule has 0 saturated heterocycles. The van der Waals surface area contributed by atoms with Crippen molar-refractivity contribution in [2.75, 3.05) is 37.0 Å². The molecule has 0 aliphatic heterocycles. The quantitative estimate of drug-likeness (QED) is 0.118. The number of azo groups is 2. The first-order valence-electron chi connectivity index (χ1n) is 13.0. The van der Waals surface area contributed by atoms with Gasteiger partial charge in [0.25, 0.3) is 0 Å². The molecule has 0 aliphatic rings. The monoisotopic (exact) mass is 596 g/mol. The Labute approximate surface area is 246 Å². The topological polar surface area (TPSA) is 154 Å². The summed E-state index contributed by atoms with van der Waals surface area (Å²) in [5.41, 5.74) is 3.98. The maximum Gasteiger partial charge on any atom is 0.421 e. The predicted molar refractivity (Wildman–Crippen MR) is 156 cm³/mol. The van der Waals surface area contributed by atoms with Gasteiger partial charge in [-0.25, -0.2) is 18.3 Å². The van der Waals surface area contributed by atoms with Crippen molar-refractivity contribution in [3.8, 4) is 0 Å². The molecule has 0 aliphatic carbocycles. The number of anilines is 2. The lowest BCUT2D eigenvalue weighted by atomic mass is 10.2. The van der Waals surface area contributed by atoms with Gasteiger partial charge in [-0.15, -0.1) is 0 Å². The van der Waals surface area contributed by atoms with Crippen molar-refractivity contribution in [2.45, 2.75) is 6.42 Å². The summed E-state index contributed by atoms with van der Waals surface area (Å²) in [4.78, 5) is 4.53. The van der Waals surface area contributed by atoms with Crippen LogP contribution in [-0.2, 0) is 38.6 Å². The van der Waals surface area contributed by atoms with Crippen molar-refractivity contribution in [3.63, 3.8) is 0 Å². The Morgan fingerprint density at radius 2 is 1.02 bits per heavy atom. The van der Waals surface area contributed by atoms with Gasteiger partial charge < -0.3 is 18.9 Å². The fourth-order valence-corrected chi connectivity index (χ4v) is 4.00. The fourth-order valence-electron chi connectivity index (χ4n) is 4.00. The number of nitrogens with zero attached hydrogens (tertiary/aromatic N) is 10. The van der Waals surface area contributed by atoms with Crippen LogP contribution in [-0.4, -0.2) is 53.8 Å². The van der Waals surface area contributed by atoms with E-state index in [1.165, 1.54) is 0 Å². The summed E-state index contributed by atoms with van der Waals surface area (Å²) in [6.45, 7) is 1.90. The molecule has 0 radical (unpaired) electrons. The first kappa shape index (κ1) is 32.0. The predicted octanol–water partition coefficient (Wildman–Crippen LogP) is 3.47. The maximum absolute atomic E-state index is 8.52. The Kier molecular flexibility index (Phi) is 11.0. The molecule has 224 valence electrons. The fraction of sp³-hybridized carbons (Fsp3) is 0.333. The van der Waals surface area contributed by atoms with Crippen LogP contribution in [0.15, 0.2) is 93.8 Å². The first-order valence-corrected chi connectivity index (χ1v) is 14.3. The van der Waals surface area contributed by atoms with Crippen molar-refractivity contribution < 1.29 is 26.7 Å². The van der Waals surface area contributed by atoms with E-state index >= 15 is 0 Å². The number of hydrogen-bond acceptors (Lipinski definition) is 10. The molecule has 2 aromatic carbocycles. The largest absolute Gasteiger partial charge is 0.759 e. The third-order valence-corrected chi connectivity index (χ3v) is 6.37. The van der Waals surface area contributed by atoms with Crippen LogP contribution in [0.25, 0.3) is 0 Å². The summed E-state index contributed by atoms with van der Waals surface area (Å²) >= 11 is 0. The third kappa shape index (κ3) is 9.87. The highest BCUT2D eigenvalue weighted by Gasteiger charge is 2.12. The molecule has 0 bridgehead atoms. The summed E-state index contributed by atoms with van der Waals surface area (Å²) in [5.74, 6) is 1.59. The second kappa shape index (κ2) is 14.4. The Morgan fingerprint density at radius 1 is 0.690 bits per heavy atom. The molecule has 0 amide bonds. The minimum absolute atomic E-state index is 0.797.